The molecule has 2 heteroatoms. The molecule has 74 valence electrons. The van der Waals surface area contributed by atoms with Crippen LogP contribution in [0.3, 0.4) is 0 Å². The average Bonchev–Trinajstić information content (AvgIpc) is 2.10. The molecule has 0 aromatic rings. The molecule has 2 nitrogen and oxygen atoms in total. The normalized spacial score (nSPS) is 11.0. The van der Waals surface area contributed by atoms with Crippen LogP contribution in [0.1, 0.15) is 33.6 Å². The van der Waals surface area contributed by atoms with Gasteiger partial charge in [-0.3, -0.25) is 0 Å². The van der Waals surface area contributed by atoms with Gasteiger partial charge in [-0.25, -0.2) is 0 Å². The SMILES string of the molecule is CCCC(COCC)COCC. The van der Waals surface area contributed by atoms with Crippen molar-refractivity contribution in [2.75, 3.05) is 26.4 Å². The lowest BCUT2D eigenvalue weighted by Crippen LogP contribution is -2.16. The fourth-order valence-corrected chi connectivity index (χ4v) is 1.19. The molecule has 0 aliphatic carbocycles. The van der Waals surface area contributed by atoms with Crippen LogP contribution in [0.25, 0.3) is 0 Å². The fraction of sp³-hybridized carbons (Fsp3) is 1.00. The van der Waals surface area contributed by atoms with Gasteiger partial charge in [0.1, 0.15) is 0 Å². The van der Waals surface area contributed by atoms with Crippen molar-refractivity contribution in [2.24, 2.45) is 5.92 Å². The van der Waals surface area contributed by atoms with Crippen LogP contribution in [-0.4, -0.2) is 26.4 Å². The highest BCUT2D eigenvalue weighted by molar-refractivity contribution is 4.55. The monoisotopic (exact) mass is 174 g/mol. The molecule has 0 bridgehead atoms. The topological polar surface area (TPSA) is 18.5 Å². The predicted octanol–water partition coefficient (Wildman–Crippen LogP) is 2.48. The number of hydrogen-bond donors (Lipinski definition) is 0. The largest absolute Gasteiger partial charge is 0.381 e. The zero-order chi connectivity index (χ0) is 9.23. The summed E-state index contributed by atoms with van der Waals surface area (Å²) in [5.74, 6) is 0.592. The highest BCUT2D eigenvalue weighted by Crippen LogP contribution is 2.07. The van der Waals surface area contributed by atoms with Crippen molar-refractivity contribution in [2.45, 2.75) is 33.6 Å². The number of rotatable bonds is 8. The Bertz CT molecular complexity index is 75.9. The smallest absolute Gasteiger partial charge is 0.0516 e. The van der Waals surface area contributed by atoms with Crippen molar-refractivity contribution in [3.05, 3.63) is 0 Å². The Morgan fingerprint density at radius 3 is 1.75 bits per heavy atom. The van der Waals surface area contributed by atoms with Gasteiger partial charge in [0.15, 0.2) is 0 Å². The van der Waals surface area contributed by atoms with Gasteiger partial charge in [-0.15, -0.1) is 0 Å². The van der Waals surface area contributed by atoms with Crippen molar-refractivity contribution < 1.29 is 9.47 Å². The van der Waals surface area contributed by atoms with Crippen LogP contribution in [0, 0.1) is 5.92 Å². The molecule has 0 N–H and O–H groups in total. The quantitative estimate of drug-likeness (QED) is 0.563. The zero-order valence-electron chi connectivity index (χ0n) is 8.64. The summed E-state index contributed by atoms with van der Waals surface area (Å²) in [4.78, 5) is 0. The van der Waals surface area contributed by atoms with Crippen molar-refractivity contribution >= 4 is 0 Å². The first-order valence-corrected chi connectivity index (χ1v) is 5.00. The molecule has 0 rings (SSSR count). The van der Waals surface area contributed by atoms with Crippen LogP contribution in [0.4, 0.5) is 0 Å². The Kier molecular flexibility index (Phi) is 8.95. The third-order valence-corrected chi connectivity index (χ3v) is 1.81. The average molecular weight is 174 g/mol. The van der Waals surface area contributed by atoms with E-state index in [4.69, 9.17) is 9.47 Å². The molecule has 12 heavy (non-hydrogen) atoms. The van der Waals surface area contributed by atoms with Gasteiger partial charge in [0, 0.05) is 19.1 Å². The van der Waals surface area contributed by atoms with Gasteiger partial charge in [0.25, 0.3) is 0 Å². The van der Waals surface area contributed by atoms with Gasteiger partial charge < -0.3 is 9.47 Å². The summed E-state index contributed by atoms with van der Waals surface area (Å²) >= 11 is 0. The molecular weight excluding hydrogens is 152 g/mol. The predicted molar refractivity (Wildman–Crippen MR) is 51.4 cm³/mol. The molecule has 0 fully saturated rings. The second-order valence-corrected chi connectivity index (χ2v) is 2.97. The molecule has 0 spiro atoms. The van der Waals surface area contributed by atoms with Crippen LogP contribution in [0.5, 0.6) is 0 Å². The van der Waals surface area contributed by atoms with Gasteiger partial charge in [-0.2, -0.15) is 0 Å². The van der Waals surface area contributed by atoms with E-state index < -0.39 is 0 Å². The summed E-state index contributed by atoms with van der Waals surface area (Å²) in [5, 5.41) is 0. The van der Waals surface area contributed by atoms with Gasteiger partial charge in [-0.1, -0.05) is 13.3 Å². The maximum absolute atomic E-state index is 5.37. The molecule has 0 aliphatic heterocycles. The maximum Gasteiger partial charge on any atom is 0.0516 e. The Hall–Kier alpha value is -0.0800. The molecule has 0 heterocycles. The Morgan fingerprint density at radius 2 is 1.42 bits per heavy atom. The van der Waals surface area contributed by atoms with Crippen molar-refractivity contribution in [1.29, 1.82) is 0 Å². The first-order chi connectivity index (χ1) is 5.85. The fourth-order valence-electron chi connectivity index (χ4n) is 1.19. The van der Waals surface area contributed by atoms with Crippen LogP contribution >= 0.6 is 0 Å². The van der Waals surface area contributed by atoms with Crippen molar-refractivity contribution in [3.63, 3.8) is 0 Å². The van der Waals surface area contributed by atoms with E-state index in [-0.39, 0.29) is 0 Å². The molecule has 0 aliphatic rings. The zero-order valence-corrected chi connectivity index (χ0v) is 8.64. The number of ether oxygens (including phenoxy) is 2. The lowest BCUT2D eigenvalue weighted by atomic mass is 10.1. The van der Waals surface area contributed by atoms with E-state index in [1.54, 1.807) is 0 Å². The molecular formula is C10H22O2. The molecule has 0 radical (unpaired) electrons. The van der Waals surface area contributed by atoms with E-state index in [0.29, 0.717) is 5.92 Å². The minimum Gasteiger partial charge on any atom is -0.381 e. The lowest BCUT2D eigenvalue weighted by molar-refractivity contribution is 0.0445. The van der Waals surface area contributed by atoms with Gasteiger partial charge in [-0.05, 0) is 20.3 Å². The van der Waals surface area contributed by atoms with Crippen molar-refractivity contribution in [3.8, 4) is 0 Å². The molecule has 0 saturated carbocycles. The highest BCUT2D eigenvalue weighted by Gasteiger charge is 2.06. The summed E-state index contributed by atoms with van der Waals surface area (Å²) in [7, 11) is 0. The number of hydrogen-bond acceptors (Lipinski definition) is 2. The third kappa shape index (κ3) is 6.62. The summed E-state index contributed by atoms with van der Waals surface area (Å²) in [6.07, 6.45) is 2.42. The molecule has 0 unspecified atom stereocenters. The maximum atomic E-state index is 5.37. The van der Waals surface area contributed by atoms with Gasteiger partial charge >= 0.3 is 0 Å². The lowest BCUT2D eigenvalue weighted by Gasteiger charge is -2.15. The van der Waals surface area contributed by atoms with Crippen LogP contribution in [-0.2, 0) is 9.47 Å². The van der Waals surface area contributed by atoms with Crippen LogP contribution < -0.4 is 0 Å². The van der Waals surface area contributed by atoms with Crippen molar-refractivity contribution in [1.82, 2.24) is 0 Å². The van der Waals surface area contributed by atoms with E-state index in [9.17, 15) is 0 Å². The van der Waals surface area contributed by atoms with E-state index in [1.807, 2.05) is 13.8 Å². The Morgan fingerprint density at radius 1 is 0.917 bits per heavy atom. The van der Waals surface area contributed by atoms with E-state index in [2.05, 4.69) is 6.92 Å². The Labute approximate surface area is 76.3 Å². The summed E-state index contributed by atoms with van der Waals surface area (Å²) in [5.41, 5.74) is 0. The summed E-state index contributed by atoms with van der Waals surface area (Å²) < 4.78 is 10.7. The first-order valence-electron chi connectivity index (χ1n) is 5.00. The third-order valence-electron chi connectivity index (χ3n) is 1.81. The minimum atomic E-state index is 0.592. The molecule has 0 atom stereocenters. The first kappa shape index (κ1) is 11.9. The molecule has 0 aromatic heterocycles. The minimum absolute atomic E-state index is 0.592. The highest BCUT2D eigenvalue weighted by atomic mass is 16.5. The van der Waals surface area contributed by atoms with E-state index in [1.165, 1.54) is 12.8 Å². The van der Waals surface area contributed by atoms with E-state index in [0.717, 1.165) is 26.4 Å². The molecule has 0 amide bonds. The van der Waals surface area contributed by atoms with Crippen LogP contribution in [0.15, 0.2) is 0 Å². The second-order valence-electron chi connectivity index (χ2n) is 2.97. The molecule has 0 saturated heterocycles. The molecule has 0 aromatic carbocycles. The standard InChI is InChI=1S/C10H22O2/c1-4-7-10(8-11-5-2)9-12-6-3/h10H,4-9H2,1-3H3. The summed E-state index contributed by atoms with van der Waals surface area (Å²) in [6.45, 7) is 9.59. The Balaban J connectivity index is 3.40. The summed E-state index contributed by atoms with van der Waals surface area (Å²) in [6, 6.07) is 0. The second kappa shape index (κ2) is 9.01. The van der Waals surface area contributed by atoms with E-state index >= 15 is 0 Å². The van der Waals surface area contributed by atoms with Gasteiger partial charge in [0.05, 0.1) is 13.2 Å². The van der Waals surface area contributed by atoms with Gasteiger partial charge in [0.2, 0.25) is 0 Å². The van der Waals surface area contributed by atoms with Crippen LogP contribution in [0.2, 0.25) is 0 Å².